The van der Waals surface area contributed by atoms with Crippen LogP contribution in [-0.2, 0) is 11.2 Å². The lowest BCUT2D eigenvalue weighted by atomic mass is 9.99. The molecule has 0 spiro atoms. The lowest BCUT2D eigenvalue weighted by Gasteiger charge is -2.14. The minimum atomic E-state index is 0.187. The van der Waals surface area contributed by atoms with Crippen molar-refractivity contribution in [1.29, 1.82) is 0 Å². The van der Waals surface area contributed by atoms with E-state index in [2.05, 4.69) is 29.0 Å². The maximum atomic E-state index is 11.4. The van der Waals surface area contributed by atoms with Crippen LogP contribution < -0.4 is 0 Å². The van der Waals surface area contributed by atoms with Gasteiger partial charge in [0.2, 0.25) is 5.91 Å². The lowest BCUT2D eigenvalue weighted by molar-refractivity contribution is -0.127. The second-order valence-corrected chi connectivity index (χ2v) is 7.24. The molecular formula is C17H21N3OS. The van der Waals surface area contributed by atoms with Gasteiger partial charge in [-0.25, -0.2) is 4.98 Å². The molecule has 0 bridgehead atoms. The van der Waals surface area contributed by atoms with Crippen molar-refractivity contribution in [3.8, 4) is 10.7 Å². The van der Waals surface area contributed by atoms with Crippen molar-refractivity contribution >= 4 is 17.2 Å². The van der Waals surface area contributed by atoms with Gasteiger partial charge in [-0.05, 0) is 50.3 Å². The first-order valence-electron chi connectivity index (χ1n) is 7.68. The lowest BCUT2D eigenvalue weighted by Crippen LogP contribution is -2.26. The molecule has 2 aromatic heterocycles. The highest BCUT2D eigenvalue weighted by molar-refractivity contribution is 7.15. The largest absolute Gasteiger partial charge is 0.343 e. The van der Waals surface area contributed by atoms with E-state index in [0.717, 1.165) is 42.3 Å². The Morgan fingerprint density at radius 3 is 2.91 bits per heavy atom. The van der Waals surface area contributed by atoms with Crippen LogP contribution in [0.25, 0.3) is 10.7 Å². The first-order chi connectivity index (χ1) is 10.5. The molecule has 1 aliphatic rings. The molecular weight excluding hydrogens is 294 g/mol. The Bertz CT molecular complexity index is 675. The van der Waals surface area contributed by atoms with Gasteiger partial charge in [-0.3, -0.25) is 9.78 Å². The van der Waals surface area contributed by atoms with Crippen molar-refractivity contribution in [3.63, 3.8) is 0 Å². The Morgan fingerprint density at radius 2 is 2.27 bits per heavy atom. The number of nitrogens with zero attached hydrogens (tertiary/aromatic N) is 3. The van der Waals surface area contributed by atoms with Gasteiger partial charge in [0.05, 0.1) is 11.4 Å². The van der Waals surface area contributed by atoms with Gasteiger partial charge in [-0.2, -0.15) is 0 Å². The fourth-order valence-electron chi connectivity index (χ4n) is 2.92. The van der Waals surface area contributed by atoms with Crippen LogP contribution in [0.3, 0.4) is 0 Å². The van der Waals surface area contributed by atoms with Gasteiger partial charge in [0.1, 0.15) is 5.01 Å². The number of thiazole rings is 1. The van der Waals surface area contributed by atoms with E-state index in [9.17, 15) is 4.79 Å². The van der Waals surface area contributed by atoms with E-state index in [-0.39, 0.29) is 5.91 Å². The zero-order valence-electron chi connectivity index (χ0n) is 13.3. The molecule has 22 heavy (non-hydrogen) atoms. The Labute approximate surface area is 135 Å². The molecule has 1 fully saturated rings. The van der Waals surface area contributed by atoms with E-state index in [1.807, 2.05) is 18.0 Å². The van der Waals surface area contributed by atoms with E-state index in [4.69, 9.17) is 0 Å². The van der Waals surface area contributed by atoms with E-state index in [1.54, 1.807) is 18.3 Å². The van der Waals surface area contributed by atoms with Gasteiger partial charge in [0, 0.05) is 31.1 Å². The Hall–Kier alpha value is -1.75. The zero-order valence-corrected chi connectivity index (χ0v) is 14.1. The smallest absolute Gasteiger partial charge is 0.219 e. The van der Waals surface area contributed by atoms with E-state index >= 15 is 0 Å². The van der Waals surface area contributed by atoms with Crippen LogP contribution >= 0.6 is 11.3 Å². The summed E-state index contributed by atoms with van der Waals surface area (Å²) in [5.74, 6) is 0.741. The normalized spacial score (nSPS) is 18.0. The van der Waals surface area contributed by atoms with Crippen LogP contribution in [-0.4, -0.2) is 33.9 Å². The molecule has 0 unspecified atom stereocenters. The molecule has 3 heterocycles. The van der Waals surface area contributed by atoms with Crippen LogP contribution in [0.15, 0.2) is 18.3 Å². The predicted octanol–water partition coefficient (Wildman–Crippen LogP) is 3.23. The molecule has 1 atom stereocenters. The monoisotopic (exact) mass is 315 g/mol. The number of likely N-dealkylation sites (tertiary alicyclic amines) is 1. The maximum Gasteiger partial charge on any atom is 0.219 e. The highest BCUT2D eigenvalue weighted by Crippen LogP contribution is 2.27. The molecule has 3 rings (SSSR count). The summed E-state index contributed by atoms with van der Waals surface area (Å²) in [7, 11) is 0. The molecule has 4 nitrogen and oxygen atoms in total. The average molecular weight is 315 g/mol. The minimum Gasteiger partial charge on any atom is -0.343 e. The summed E-state index contributed by atoms with van der Waals surface area (Å²) in [6.07, 6.45) is 3.96. The predicted molar refractivity (Wildman–Crippen MR) is 88.9 cm³/mol. The number of amides is 1. The van der Waals surface area contributed by atoms with Crippen molar-refractivity contribution in [1.82, 2.24) is 14.9 Å². The highest BCUT2D eigenvalue weighted by Gasteiger charge is 2.24. The van der Waals surface area contributed by atoms with Crippen molar-refractivity contribution in [2.45, 2.75) is 33.6 Å². The fraction of sp³-hybridized carbons (Fsp3) is 0.471. The van der Waals surface area contributed by atoms with Crippen molar-refractivity contribution < 1.29 is 4.79 Å². The molecule has 0 radical (unpaired) electrons. The summed E-state index contributed by atoms with van der Waals surface area (Å²) >= 11 is 1.70. The Kier molecular flexibility index (Phi) is 4.25. The number of hydrogen-bond acceptors (Lipinski definition) is 4. The first kappa shape index (κ1) is 15.2. The third-order valence-electron chi connectivity index (χ3n) is 4.33. The van der Waals surface area contributed by atoms with Gasteiger partial charge in [0.15, 0.2) is 0 Å². The summed E-state index contributed by atoms with van der Waals surface area (Å²) in [6.45, 7) is 7.55. The third-order valence-corrected chi connectivity index (χ3v) is 5.42. The number of aromatic nitrogens is 2. The Morgan fingerprint density at radius 1 is 1.45 bits per heavy atom. The SMILES string of the molecule is CC(=O)N1CC[C@H](Cc2ccnc(-c3nc(C)c(C)s3)c2)C1. The number of hydrogen-bond donors (Lipinski definition) is 0. The molecule has 2 aromatic rings. The topological polar surface area (TPSA) is 46.1 Å². The van der Waals surface area contributed by atoms with Gasteiger partial charge in [0.25, 0.3) is 0 Å². The molecule has 1 aliphatic heterocycles. The molecule has 116 valence electrons. The second kappa shape index (κ2) is 6.16. The van der Waals surface area contributed by atoms with Crippen LogP contribution in [0.5, 0.6) is 0 Å². The van der Waals surface area contributed by atoms with Crippen molar-refractivity contribution in [2.75, 3.05) is 13.1 Å². The number of carbonyl (C=O) groups excluding carboxylic acids is 1. The maximum absolute atomic E-state index is 11.4. The second-order valence-electron chi connectivity index (χ2n) is 6.03. The molecule has 1 saturated heterocycles. The van der Waals surface area contributed by atoms with Crippen LogP contribution in [0.2, 0.25) is 0 Å². The van der Waals surface area contributed by atoms with Gasteiger partial charge >= 0.3 is 0 Å². The highest BCUT2D eigenvalue weighted by atomic mass is 32.1. The van der Waals surface area contributed by atoms with Gasteiger partial charge in [-0.15, -0.1) is 11.3 Å². The third kappa shape index (κ3) is 3.19. The summed E-state index contributed by atoms with van der Waals surface area (Å²) in [5.41, 5.74) is 3.33. The molecule has 0 N–H and O–H groups in total. The number of rotatable bonds is 3. The van der Waals surface area contributed by atoms with Crippen LogP contribution in [0, 0.1) is 19.8 Å². The molecule has 5 heteroatoms. The van der Waals surface area contributed by atoms with Crippen LogP contribution in [0.1, 0.15) is 29.5 Å². The molecule has 0 saturated carbocycles. The average Bonchev–Trinajstić information content (AvgIpc) is 3.07. The van der Waals surface area contributed by atoms with E-state index in [1.165, 1.54) is 10.4 Å². The summed E-state index contributed by atoms with van der Waals surface area (Å²) < 4.78 is 0. The summed E-state index contributed by atoms with van der Waals surface area (Å²) in [4.78, 5) is 23.7. The fourth-order valence-corrected chi connectivity index (χ4v) is 3.80. The van der Waals surface area contributed by atoms with Gasteiger partial charge in [-0.1, -0.05) is 0 Å². The molecule has 1 amide bonds. The van der Waals surface area contributed by atoms with Crippen molar-refractivity contribution in [2.24, 2.45) is 5.92 Å². The zero-order chi connectivity index (χ0) is 15.7. The Balaban J connectivity index is 1.73. The standard InChI is InChI=1S/C17H21N3OS/c1-11-12(2)22-17(19-11)16-9-14(4-6-18-16)8-15-5-7-20(10-15)13(3)21/h4,6,9,15H,5,7-8,10H2,1-3H3/t15-/m1/s1. The van der Waals surface area contributed by atoms with Gasteiger partial charge < -0.3 is 4.90 Å². The number of aryl methyl sites for hydroxylation is 2. The molecule has 0 aliphatic carbocycles. The summed E-state index contributed by atoms with van der Waals surface area (Å²) in [6, 6.07) is 4.22. The number of carbonyl (C=O) groups is 1. The molecule has 0 aromatic carbocycles. The quantitative estimate of drug-likeness (QED) is 0.873. The summed E-state index contributed by atoms with van der Waals surface area (Å²) in [5, 5.41) is 0.994. The van der Waals surface area contributed by atoms with Crippen molar-refractivity contribution in [3.05, 3.63) is 34.5 Å². The first-order valence-corrected chi connectivity index (χ1v) is 8.49. The van der Waals surface area contributed by atoms with E-state index in [0.29, 0.717) is 5.92 Å². The number of pyridine rings is 1. The van der Waals surface area contributed by atoms with E-state index < -0.39 is 0 Å². The van der Waals surface area contributed by atoms with Crippen LogP contribution in [0.4, 0.5) is 0 Å². The minimum absolute atomic E-state index is 0.187.